The van der Waals surface area contributed by atoms with Crippen molar-refractivity contribution in [1.29, 1.82) is 0 Å². The van der Waals surface area contributed by atoms with Crippen LogP contribution >= 0.6 is 11.8 Å². The van der Waals surface area contributed by atoms with E-state index in [1.54, 1.807) is 4.90 Å². The second kappa shape index (κ2) is 7.48. The monoisotopic (exact) mass is 345 g/mol. The summed E-state index contributed by atoms with van der Waals surface area (Å²) in [5, 5.41) is 10.3. The van der Waals surface area contributed by atoms with Crippen LogP contribution in [-0.4, -0.2) is 39.3 Å². The largest absolute Gasteiger partial charge is 0.324 e. The number of aryl methyl sites for hydroxylation is 1. The molecule has 2 heterocycles. The number of hydrogen-bond acceptors (Lipinski definition) is 5. The highest BCUT2D eigenvalue weighted by Crippen LogP contribution is 2.29. The molecule has 0 saturated carbocycles. The summed E-state index contributed by atoms with van der Waals surface area (Å²) in [6.45, 7) is 2.68. The van der Waals surface area contributed by atoms with Gasteiger partial charge in [0.05, 0.1) is 17.1 Å². The van der Waals surface area contributed by atoms with Crippen molar-refractivity contribution in [2.45, 2.75) is 31.3 Å². The maximum atomic E-state index is 12.2. The zero-order valence-electron chi connectivity index (χ0n) is 13.4. The molecule has 0 radical (unpaired) electrons. The molecular weight excluding hydrogens is 326 g/mol. The fourth-order valence-electron chi connectivity index (χ4n) is 2.53. The zero-order valence-corrected chi connectivity index (χ0v) is 14.2. The first-order valence-corrected chi connectivity index (χ1v) is 8.89. The molecule has 3 rings (SSSR count). The summed E-state index contributed by atoms with van der Waals surface area (Å²) in [5.74, 6) is 0.958. The zero-order chi connectivity index (χ0) is 16.9. The standard InChI is InChI=1S/C16H19N5O2S/c1-2-13-18-16(20-19-13)24-10-14(22)17-11-6-3-4-7-12(11)21-9-5-8-15(21)23/h3-4,6-7H,2,5,8-10H2,1H3,(H,17,22)(H,18,19,20). The molecule has 1 fully saturated rings. The molecule has 8 heteroatoms. The highest BCUT2D eigenvalue weighted by atomic mass is 32.2. The van der Waals surface area contributed by atoms with Gasteiger partial charge in [-0.05, 0) is 18.6 Å². The summed E-state index contributed by atoms with van der Waals surface area (Å²) >= 11 is 1.28. The molecule has 1 aromatic carbocycles. The van der Waals surface area contributed by atoms with E-state index < -0.39 is 0 Å². The van der Waals surface area contributed by atoms with Gasteiger partial charge < -0.3 is 10.2 Å². The third kappa shape index (κ3) is 3.76. The lowest BCUT2D eigenvalue weighted by atomic mass is 10.2. The van der Waals surface area contributed by atoms with Crippen LogP contribution in [0, 0.1) is 0 Å². The number of rotatable bonds is 6. The number of nitrogens with one attached hydrogen (secondary N) is 2. The second-order valence-corrected chi connectivity index (χ2v) is 6.36. The summed E-state index contributed by atoms with van der Waals surface area (Å²) in [7, 11) is 0. The Kier molecular flexibility index (Phi) is 5.14. The van der Waals surface area contributed by atoms with Gasteiger partial charge in [-0.1, -0.05) is 30.8 Å². The third-order valence-corrected chi connectivity index (χ3v) is 4.57. The van der Waals surface area contributed by atoms with Crippen molar-refractivity contribution in [3.05, 3.63) is 30.1 Å². The molecule has 0 spiro atoms. The van der Waals surface area contributed by atoms with Gasteiger partial charge in [-0.25, -0.2) is 4.98 Å². The number of anilines is 2. The number of hydrogen-bond donors (Lipinski definition) is 2. The van der Waals surface area contributed by atoms with Crippen LogP contribution in [0.1, 0.15) is 25.6 Å². The van der Waals surface area contributed by atoms with Crippen LogP contribution in [0.3, 0.4) is 0 Å². The molecular formula is C16H19N5O2S. The summed E-state index contributed by atoms with van der Waals surface area (Å²) in [5.41, 5.74) is 1.41. The number of carbonyl (C=O) groups excluding carboxylic acids is 2. The Morgan fingerprint density at radius 1 is 1.42 bits per heavy atom. The molecule has 0 atom stereocenters. The minimum Gasteiger partial charge on any atom is -0.324 e. The second-order valence-electron chi connectivity index (χ2n) is 5.42. The van der Waals surface area contributed by atoms with Crippen LogP contribution in [-0.2, 0) is 16.0 Å². The van der Waals surface area contributed by atoms with Gasteiger partial charge in [0, 0.05) is 19.4 Å². The number of thioether (sulfide) groups is 1. The van der Waals surface area contributed by atoms with Crippen LogP contribution in [0.2, 0.25) is 0 Å². The fourth-order valence-corrected chi connectivity index (χ4v) is 3.15. The highest BCUT2D eigenvalue weighted by Gasteiger charge is 2.24. The van der Waals surface area contributed by atoms with Crippen molar-refractivity contribution >= 4 is 35.0 Å². The highest BCUT2D eigenvalue weighted by molar-refractivity contribution is 7.99. The van der Waals surface area contributed by atoms with Crippen LogP contribution in [0.15, 0.2) is 29.4 Å². The maximum Gasteiger partial charge on any atom is 0.234 e. The van der Waals surface area contributed by atoms with Gasteiger partial charge in [-0.3, -0.25) is 14.7 Å². The lowest BCUT2D eigenvalue weighted by Crippen LogP contribution is -2.26. The van der Waals surface area contributed by atoms with E-state index in [0.717, 1.165) is 24.4 Å². The first-order chi connectivity index (χ1) is 11.7. The molecule has 2 amide bonds. The van der Waals surface area contributed by atoms with Crippen molar-refractivity contribution in [3.8, 4) is 0 Å². The molecule has 0 unspecified atom stereocenters. The smallest absolute Gasteiger partial charge is 0.234 e. The Hall–Kier alpha value is -2.35. The molecule has 1 aromatic heterocycles. The van der Waals surface area contributed by atoms with E-state index in [1.807, 2.05) is 31.2 Å². The van der Waals surface area contributed by atoms with Crippen molar-refractivity contribution < 1.29 is 9.59 Å². The first-order valence-electron chi connectivity index (χ1n) is 7.90. The van der Waals surface area contributed by atoms with Crippen LogP contribution in [0.4, 0.5) is 11.4 Å². The lowest BCUT2D eigenvalue weighted by molar-refractivity contribution is -0.117. The Bertz CT molecular complexity index is 746. The minimum atomic E-state index is -0.151. The van der Waals surface area contributed by atoms with Crippen molar-refractivity contribution in [2.75, 3.05) is 22.5 Å². The quantitative estimate of drug-likeness (QED) is 0.784. The molecule has 1 saturated heterocycles. The van der Waals surface area contributed by atoms with Gasteiger partial charge in [0.2, 0.25) is 17.0 Å². The summed E-state index contributed by atoms with van der Waals surface area (Å²) in [4.78, 5) is 30.1. The topological polar surface area (TPSA) is 91.0 Å². The van der Waals surface area contributed by atoms with Gasteiger partial charge in [0.25, 0.3) is 0 Å². The molecule has 2 aromatic rings. The Labute approximate surface area is 144 Å². The number of aromatic amines is 1. The van der Waals surface area contributed by atoms with E-state index in [-0.39, 0.29) is 17.6 Å². The van der Waals surface area contributed by atoms with E-state index >= 15 is 0 Å². The molecule has 24 heavy (non-hydrogen) atoms. The molecule has 126 valence electrons. The van der Waals surface area contributed by atoms with Gasteiger partial charge in [0.1, 0.15) is 5.82 Å². The fraction of sp³-hybridized carbons (Fsp3) is 0.375. The predicted octanol–water partition coefficient (Wildman–Crippen LogP) is 2.22. The van der Waals surface area contributed by atoms with Crippen LogP contribution in [0.5, 0.6) is 0 Å². The molecule has 2 N–H and O–H groups in total. The number of para-hydroxylation sites is 2. The number of nitrogens with zero attached hydrogens (tertiary/aromatic N) is 3. The molecule has 0 bridgehead atoms. The lowest BCUT2D eigenvalue weighted by Gasteiger charge is -2.19. The van der Waals surface area contributed by atoms with Crippen molar-refractivity contribution in [1.82, 2.24) is 15.2 Å². The van der Waals surface area contributed by atoms with Gasteiger partial charge in [0.15, 0.2) is 0 Å². The van der Waals surface area contributed by atoms with E-state index in [4.69, 9.17) is 0 Å². The van der Waals surface area contributed by atoms with E-state index in [9.17, 15) is 9.59 Å². The number of benzene rings is 1. The average molecular weight is 345 g/mol. The van der Waals surface area contributed by atoms with Gasteiger partial charge in [-0.15, -0.1) is 5.10 Å². The van der Waals surface area contributed by atoms with E-state index in [1.165, 1.54) is 11.8 Å². The Morgan fingerprint density at radius 2 is 2.25 bits per heavy atom. The molecule has 7 nitrogen and oxygen atoms in total. The summed E-state index contributed by atoms with van der Waals surface area (Å²) in [6.07, 6.45) is 2.18. The summed E-state index contributed by atoms with van der Waals surface area (Å²) < 4.78 is 0. The molecule has 1 aliphatic rings. The SMILES string of the molecule is CCc1nc(SCC(=O)Nc2ccccc2N2CCCC2=O)n[nH]1. The minimum absolute atomic E-state index is 0.0962. The number of H-pyrrole nitrogens is 1. The van der Waals surface area contributed by atoms with Crippen molar-refractivity contribution in [2.24, 2.45) is 0 Å². The number of amides is 2. The molecule has 1 aliphatic heterocycles. The predicted molar refractivity (Wildman–Crippen MR) is 93.1 cm³/mol. The first kappa shape index (κ1) is 16.5. The normalized spacial score (nSPS) is 14.2. The average Bonchev–Trinajstić information content (AvgIpc) is 3.22. The molecule has 0 aliphatic carbocycles. The Balaban J connectivity index is 1.63. The third-order valence-electron chi connectivity index (χ3n) is 3.72. The number of carbonyl (C=O) groups is 2. The van der Waals surface area contributed by atoms with Crippen molar-refractivity contribution in [3.63, 3.8) is 0 Å². The van der Waals surface area contributed by atoms with Crippen LogP contribution < -0.4 is 10.2 Å². The van der Waals surface area contributed by atoms with Gasteiger partial charge >= 0.3 is 0 Å². The van der Waals surface area contributed by atoms with E-state index in [0.29, 0.717) is 23.8 Å². The Morgan fingerprint density at radius 3 is 2.96 bits per heavy atom. The maximum absolute atomic E-state index is 12.2. The van der Waals surface area contributed by atoms with Crippen LogP contribution in [0.25, 0.3) is 0 Å². The number of aromatic nitrogens is 3. The van der Waals surface area contributed by atoms with E-state index in [2.05, 4.69) is 20.5 Å². The van der Waals surface area contributed by atoms with Gasteiger partial charge in [-0.2, -0.15) is 0 Å². The summed E-state index contributed by atoms with van der Waals surface area (Å²) in [6, 6.07) is 7.38.